The van der Waals surface area contributed by atoms with E-state index in [1.807, 2.05) is 6.92 Å². The van der Waals surface area contributed by atoms with E-state index in [0.717, 1.165) is 43.9 Å². The highest BCUT2D eigenvalue weighted by atomic mass is 32.2. The molecule has 0 radical (unpaired) electrons. The zero-order valence-electron chi connectivity index (χ0n) is 17.4. The van der Waals surface area contributed by atoms with Crippen molar-refractivity contribution in [2.45, 2.75) is 51.0 Å². The maximum Gasteiger partial charge on any atom is 0.573 e. The first-order chi connectivity index (χ1) is 14.8. The number of carbonyl (C=O) groups is 1. The van der Waals surface area contributed by atoms with E-state index < -0.39 is 46.2 Å². The standard InChI is InChI=1S/C21H25F3O7S/c1-20(15-7-12-6-13(9-15)10-16(20)8-12)30-18-11-14(2-3-17(18)31-21(22,23)24)19(25)29-4-5-32(26,27)28/h2-3,11-13,15-16H,4-10H2,1H3,(H,26,27,28)/p-1. The Kier molecular flexibility index (Phi) is 5.85. The van der Waals surface area contributed by atoms with Crippen LogP contribution in [0.25, 0.3) is 0 Å². The molecule has 0 unspecified atom stereocenters. The summed E-state index contributed by atoms with van der Waals surface area (Å²) >= 11 is 0. The Morgan fingerprint density at radius 3 is 2.22 bits per heavy atom. The fourth-order valence-electron chi connectivity index (χ4n) is 5.77. The molecule has 0 atom stereocenters. The van der Waals surface area contributed by atoms with E-state index in [1.54, 1.807) is 0 Å². The number of halogens is 3. The van der Waals surface area contributed by atoms with Crippen LogP contribution in [0, 0.1) is 23.7 Å². The smallest absolute Gasteiger partial charge is 0.573 e. The lowest BCUT2D eigenvalue weighted by atomic mass is 9.50. The summed E-state index contributed by atoms with van der Waals surface area (Å²) < 4.78 is 86.0. The average Bonchev–Trinajstić information content (AvgIpc) is 2.65. The Hall–Kier alpha value is -2.01. The fourth-order valence-corrected chi connectivity index (χ4v) is 6.05. The van der Waals surface area contributed by atoms with Gasteiger partial charge in [0.25, 0.3) is 0 Å². The lowest BCUT2D eigenvalue weighted by Gasteiger charge is -2.59. The highest BCUT2D eigenvalue weighted by Crippen LogP contribution is 2.59. The van der Waals surface area contributed by atoms with Crippen LogP contribution < -0.4 is 9.47 Å². The van der Waals surface area contributed by atoms with E-state index in [0.29, 0.717) is 11.8 Å². The normalized spacial score (nSPS) is 31.4. The molecule has 4 saturated carbocycles. The summed E-state index contributed by atoms with van der Waals surface area (Å²) in [5.74, 6) is -1.01. The Balaban J connectivity index is 1.58. The van der Waals surface area contributed by atoms with Crippen molar-refractivity contribution >= 4 is 16.1 Å². The predicted molar refractivity (Wildman–Crippen MR) is 104 cm³/mol. The number of ether oxygens (including phenoxy) is 3. The summed E-state index contributed by atoms with van der Waals surface area (Å²) in [6, 6.07) is 3.16. The molecular weight excluding hydrogens is 453 g/mol. The number of carbonyl (C=O) groups excluding carboxylic acids is 1. The number of benzene rings is 1. The topological polar surface area (TPSA) is 102 Å². The average molecular weight is 477 g/mol. The third-order valence-electron chi connectivity index (χ3n) is 7.06. The second-order valence-corrected chi connectivity index (χ2v) is 10.7. The molecule has 0 amide bonds. The van der Waals surface area contributed by atoms with Crippen LogP contribution in [0.3, 0.4) is 0 Å². The van der Waals surface area contributed by atoms with Gasteiger partial charge in [0.1, 0.15) is 12.2 Å². The molecule has 0 aromatic heterocycles. The van der Waals surface area contributed by atoms with Crippen LogP contribution in [0.15, 0.2) is 18.2 Å². The van der Waals surface area contributed by atoms with Gasteiger partial charge in [-0.3, -0.25) is 0 Å². The summed E-state index contributed by atoms with van der Waals surface area (Å²) in [5, 5.41) is 0. The van der Waals surface area contributed by atoms with Gasteiger partial charge < -0.3 is 18.8 Å². The van der Waals surface area contributed by atoms with Crippen molar-refractivity contribution in [1.82, 2.24) is 0 Å². The van der Waals surface area contributed by atoms with Crippen LogP contribution >= 0.6 is 0 Å². The molecule has 0 saturated heterocycles. The highest BCUT2D eigenvalue weighted by molar-refractivity contribution is 7.85. The highest BCUT2D eigenvalue weighted by Gasteiger charge is 2.56. The molecule has 11 heteroatoms. The largest absolute Gasteiger partial charge is 0.748 e. The number of alkyl halides is 3. The molecule has 0 heterocycles. The van der Waals surface area contributed by atoms with Crippen LogP contribution in [0.4, 0.5) is 13.2 Å². The summed E-state index contributed by atoms with van der Waals surface area (Å²) in [4.78, 5) is 12.3. The third-order valence-corrected chi connectivity index (χ3v) is 7.73. The minimum atomic E-state index is -4.95. The van der Waals surface area contributed by atoms with Gasteiger partial charge in [0, 0.05) is 0 Å². The van der Waals surface area contributed by atoms with Gasteiger partial charge in [0.2, 0.25) is 0 Å². The SMILES string of the molecule is CC1(Oc2cc(C(=O)OCCS(=O)(=O)[O-])ccc2OC(F)(F)F)C2CC3CC(C2)CC1C3. The monoisotopic (exact) mass is 477 g/mol. The molecule has 5 rings (SSSR count). The first kappa shape index (κ1) is 23.2. The molecule has 7 nitrogen and oxygen atoms in total. The maximum absolute atomic E-state index is 13.0. The van der Waals surface area contributed by atoms with Gasteiger partial charge in [-0.2, -0.15) is 0 Å². The molecule has 0 aliphatic heterocycles. The second kappa shape index (κ2) is 8.09. The number of hydrogen-bond donors (Lipinski definition) is 0. The summed E-state index contributed by atoms with van der Waals surface area (Å²) in [6.07, 6.45) is 0.100. The minimum absolute atomic E-state index is 0.134. The number of rotatable bonds is 7. The van der Waals surface area contributed by atoms with Crippen molar-refractivity contribution in [3.63, 3.8) is 0 Å². The van der Waals surface area contributed by atoms with Gasteiger partial charge in [0.05, 0.1) is 21.4 Å². The number of esters is 1. The van der Waals surface area contributed by atoms with Gasteiger partial charge in [-0.1, -0.05) is 0 Å². The van der Waals surface area contributed by atoms with Crippen LogP contribution in [-0.2, 0) is 14.9 Å². The van der Waals surface area contributed by atoms with Crippen molar-refractivity contribution in [1.29, 1.82) is 0 Å². The predicted octanol–water partition coefficient (Wildman–Crippen LogP) is 3.88. The van der Waals surface area contributed by atoms with Crippen LogP contribution in [-0.4, -0.2) is 43.3 Å². The Morgan fingerprint density at radius 1 is 1.09 bits per heavy atom. The zero-order valence-corrected chi connectivity index (χ0v) is 18.2. The van der Waals surface area contributed by atoms with E-state index in [1.165, 1.54) is 6.42 Å². The van der Waals surface area contributed by atoms with Crippen molar-refractivity contribution < 1.29 is 45.1 Å². The summed E-state index contributed by atoms with van der Waals surface area (Å²) in [6.45, 7) is 1.26. The fraction of sp³-hybridized carbons (Fsp3) is 0.667. The summed E-state index contributed by atoms with van der Waals surface area (Å²) in [5.41, 5.74) is -0.818. The summed E-state index contributed by atoms with van der Waals surface area (Å²) in [7, 11) is -4.57. The molecule has 4 bridgehead atoms. The molecule has 1 aromatic carbocycles. The lowest BCUT2D eigenvalue weighted by molar-refractivity contribution is -0.275. The van der Waals surface area contributed by atoms with Gasteiger partial charge >= 0.3 is 12.3 Å². The lowest BCUT2D eigenvalue weighted by Crippen LogP contribution is -2.59. The Morgan fingerprint density at radius 2 is 1.69 bits per heavy atom. The van der Waals surface area contributed by atoms with Gasteiger partial charge in [-0.25, -0.2) is 13.2 Å². The minimum Gasteiger partial charge on any atom is -0.748 e. The molecule has 0 N–H and O–H groups in total. The van der Waals surface area contributed by atoms with Crippen molar-refractivity contribution in [3.8, 4) is 11.5 Å². The third kappa shape index (κ3) is 4.98. The maximum atomic E-state index is 13.0. The zero-order chi connectivity index (χ0) is 23.3. The molecule has 0 spiro atoms. The van der Waals surface area contributed by atoms with Gasteiger partial charge in [-0.05, 0) is 80.9 Å². The molecular formula is C21H24F3O7S-. The first-order valence-electron chi connectivity index (χ1n) is 10.5. The quantitative estimate of drug-likeness (QED) is 0.434. The molecule has 32 heavy (non-hydrogen) atoms. The molecule has 1 aromatic rings. The van der Waals surface area contributed by atoms with Crippen molar-refractivity contribution in [2.75, 3.05) is 12.4 Å². The molecule has 4 fully saturated rings. The Labute approximate surface area is 184 Å². The van der Waals surface area contributed by atoms with Crippen LogP contribution in [0.1, 0.15) is 49.4 Å². The van der Waals surface area contributed by atoms with E-state index in [9.17, 15) is 30.9 Å². The van der Waals surface area contributed by atoms with Crippen LogP contribution in [0.2, 0.25) is 0 Å². The van der Waals surface area contributed by atoms with Crippen LogP contribution in [0.5, 0.6) is 11.5 Å². The van der Waals surface area contributed by atoms with E-state index in [4.69, 9.17) is 9.47 Å². The Bertz CT molecular complexity index is 962. The number of hydrogen-bond acceptors (Lipinski definition) is 7. The van der Waals surface area contributed by atoms with Gasteiger partial charge in [-0.15, -0.1) is 13.2 Å². The van der Waals surface area contributed by atoms with E-state index in [-0.39, 0.29) is 23.1 Å². The van der Waals surface area contributed by atoms with E-state index >= 15 is 0 Å². The molecule has 4 aliphatic carbocycles. The second-order valence-electron chi connectivity index (χ2n) is 9.20. The molecule has 178 valence electrons. The van der Waals surface area contributed by atoms with Crippen molar-refractivity contribution in [2.24, 2.45) is 23.7 Å². The van der Waals surface area contributed by atoms with Crippen molar-refractivity contribution in [3.05, 3.63) is 23.8 Å². The molecule has 4 aliphatic rings. The first-order valence-corrected chi connectivity index (χ1v) is 12.1. The van der Waals surface area contributed by atoms with E-state index in [2.05, 4.69) is 4.74 Å². The van der Waals surface area contributed by atoms with Gasteiger partial charge in [0.15, 0.2) is 11.5 Å².